The SMILES string of the molecule is Cc1cc2sc(NC(=O)c3cc(I)ccc3Cl)nc2cc1Cl. The predicted molar refractivity (Wildman–Crippen MR) is 101 cm³/mol. The Morgan fingerprint density at radius 3 is 2.77 bits per heavy atom. The van der Waals surface area contributed by atoms with Gasteiger partial charge in [0.25, 0.3) is 5.91 Å². The van der Waals surface area contributed by atoms with Crippen molar-refractivity contribution < 1.29 is 4.79 Å². The van der Waals surface area contributed by atoms with Gasteiger partial charge in [0.15, 0.2) is 5.13 Å². The van der Waals surface area contributed by atoms with Gasteiger partial charge in [0.1, 0.15) is 0 Å². The van der Waals surface area contributed by atoms with Gasteiger partial charge in [-0.15, -0.1) is 0 Å². The molecule has 0 aliphatic carbocycles. The van der Waals surface area contributed by atoms with E-state index >= 15 is 0 Å². The van der Waals surface area contributed by atoms with Crippen LogP contribution >= 0.6 is 57.1 Å². The topological polar surface area (TPSA) is 42.0 Å². The Labute approximate surface area is 154 Å². The molecule has 0 unspecified atom stereocenters. The van der Waals surface area contributed by atoms with Crippen LogP contribution in [-0.4, -0.2) is 10.9 Å². The van der Waals surface area contributed by atoms with Gasteiger partial charge < -0.3 is 0 Å². The molecule has 0 saturated heterocycles. The first-order valence-corrected chi connectivity index (χ1v) is 8.92. The standard InChI is InChI=1S/C15H9Cl2IN2OS/c1-7-4-13-12(6-11(7)17)19-15(22-13)20-14(21)9-5-8(18)2-3-10(9)16/h2-6H,1H3,(H,19,20,21). The zero-order valence-electron chi connectivity index (χ0n) is 11.3. The van der Waals surface area contributed by atoms with Gasteiger partial charge in [-0.05, 0) is 65.4 Å². The Bertz CT molecular complexity index is 856. The van der Waals surface area contributed by atoms with Crippen LogP contribution in [0.1, 0.15) is 15.9 Å². The number of carbonyl (C=O) groups is 1. The lowest BCUT2D eigenvalue weighted by molar-refractivity contribution is 0.102. The highest BCUT2D eigenvalue weighted by Gasteiger charge is 2.14. The third kappa shape index (κ3) is 3.22. The molecule has 112 valence electrons. The number of fused-ring (bicyclic) bond motifs is 1. The molecule has 3 rings (SSSR count). The highest BCUT2D eigenvalue weighted by Crippen LogP contribution is 2.31. The molecular weight excluding hydrogens is 454 g/mol. The second kappa shape index (κ2) is 6.31. The fraction of sp³-hybridized carbons (Fsp3) is 0.0667. The molecule has 22 heavy (non-hydrogen) atoms. The van der Waals surface area contributed by atoms with Crippen LogP contribution in [0.4, 0.5) is 5.13 Å². The van der Waals surface area contributed by atoms with Crippen molar-refractivity contribution in [2.75, 3.05) is 5.32 Å². The second-order valence-electron chi connectivity index (χ2n) is 4.67. The van der Waals surface area contributed by atoms with Crippen LogP contribution in [0.2, 0.25) is 10.0 Å². The maximum absolute atomic E-state index is 12.3. The van der Waals surface area contributed by atoms with Gasteiger partial charge in [-0.3, -0.25) is 10.1 Å². The van der Waals surface area contributed by atoms with Gasteiger partial charge in [0, 0.05) is 8.59 Å². The molecule has 1 aromatic heterocycles. The first-order valence-electron chi connectivity index (χ1n) is 6.27. The first-order chi connectivity index (χ1) is 10.4. The Hall–Kier alpha value is -0.890. The molecule has 0 radical (unpaired) electrons. The van der Waals surface area contributed by atoms with Crippen LogP contribution in [0.5, 0.6) is 0 Å². The summed E-state index contributed by atoms with van der Waals surface area (Å²) < 4.78 is 1.92. The van der Waals surface area contributed by atoms with Crippen molar-refractivity contribution in [1.29, 1.82) is 0 Å². The van der Waals surface area contributed by atoms with Gasteiger partial charge in [-0.1, -0.05) is 34.5 Å². The molecule has 0 bridgehead atoms. The van der Waals surface area contributed by atoms with Crippen molar-refractivity contribution in [2.45, 2.75) is 6.92 Å². The third-order valence-corrected chi connectivity index (χ3v) is 5.40. The average Bonchev–Trinajstić information content (AvgIpc) is 2.83. The lowest BCUT2D eigenvalue weighted by Gasteiger charge is -2.04. The van der Waals surface area contributed by atoms with E-state index in [1.165, 1.54) is 11.3 Å². The molecule has 0 aliphatic heterocycles. The quantitative estimate of drug-likeness (QED) is 0.491. The van der Waals surface area contributed by atoms with E-state index in [1.54, 1.807) is 18.2 Å². The molecule has 1 N–H and O–H groups in total. The van der Waals surface area contributed by atoms with Crippen molar-refractivity contribution in [3.05, 3.63) is 55.1 Å². The van der Waals surface area contributed by atoms with Crippen LogP contribution < -0.4 is 5.32 Å². The van der Waals surface area contributed by atoms with Crippen molar-refractivity contribution in [2.24, 2.45) is 0 Å². The van der Waals surface area contributed by atoms with Crippen LogP contribution in [-0.2, 0) is 0 Å². The fourth-order valence-electron chi connectivity index (χ4n) is 1.94. The number of anilines is 1. The normalized spacial score (nSPS) is 10.9. The Morgan fingerprint density at radius 2 is 2.00 bits per heavy atom. The molecule has 3 nitrogen and oxygen atoms in total. The summed E-state index contributed by atoms with van der Waals surface area (Å²) in [5.74, 6) is -0.273. The Kier molecular flexibility index (Phi) is 4.59. The van der Waals surface area contributed by atoms with Gasteiger partial charge >= 0.3 is 0 Å². The summed E-state index contributed by atoms with van der Waals surface area (Å²) in [5, 5.41) is 4.39. The predicted octanol–water partition coefficient (Wildman–Crippen LogP) is 5.77. The Morgan fingerprint density at radius 1 is 1.23 bits per heavy atom. The molecule has 7 heteroatoms. The number of halogens is 3. The minimum Gasteiger partial charge on any atom is -0.298 e. The van der Waals surface area contributed by atoms with Gasteiger partial charge in [0.2, 0.25) is 0 Å². The zero-order valence-corrected chi connectivity index (χ0v) is 15.8. The molecule has 0 saturated carbocycles. The second-order valence-corrected chi connectivity index (χ2v) is 7.76. The van der Waals surface area contributed by atoms with E-state index in [4.69, 9.17) is 23.2 Å². The van der Waals surface area contributed by atoms with E-state index in [-0.39, 0.29) is 5.91 Å². The molecule has 1 amide bonds. The number of hydrogen-bond donors (Lipinski definition) is 1. The number of carbonyl (C=O) groups excluding carboxylic acids is 1. The number of nitrogens with one attached hydrogen (secondary N) is 1. The highest BCUT2D eigenvalue weighted by molar-refractivity contribution is 14.1. The van der Waals surface area contributed by atoms with Crippen molar-refractivity contribution in [1.82, 2.24) is 4.98 Å². The number of amides is 1. The number of benzene rings is 2. The molecule has 0 aliphatic rings. The fourth-order valence-corrected chi connectivity index (χ4v) is 3.73. The monoisotopic (exact) mass is 462 g/mol. The molecule has 3 aromatic rings. The third-order valence-electron chi connectivity index (χ3n) is 3.06. The van der Waals surface area contributed by atoms with Crippen molar-refractivity contribution >= 4 is 78.4 Å². The van der Waals surface area contributed by atoms with E-state index in [1.807, 2.05) is 19.1 Å². The van der Waals surface area contributed by atoms with E-state index in [2.05, 4.69) is 32.9 Å². The van der Waals surface area contributed by atoms with Gasteiger partial charge in [-0.25, -0.2) is 4.98 Å². The number of thiazole rings is 1. The van der Waals surface area contributed by atoms with Crippen molar-refractivity contribution in [3.63, 3.8) is 0 Å². The number of hydrogen-bond acceptors (Lipinski definition) is 3. The van der Waals surface area contributed by atoms with Gasteiger partial charge in [0.05, 0.1) is 20.8 Å². The van der Waals surface area contributed by atoms with E-state index in [0.29, 0.717) is 20.7 Å². The van der Waals surface area contributed by atoms with Gasteiger partial charge in [-0.2, -0.15) is 0 Å². The van der Waals surface area contributed by atoms with Crippen LogP contribution in [0, 0.1) is 10.5 Å². The molecular formula is C15H9Cl2IN2OS. The van der Waals surface area contributed by atoms with E-state index in [0.717, 1.165) is 19.4 Å². The summed E-state index contributed by atoms with van der Waals surface area (Å²) in [4.78, 5) is 16.7. The maximum atomic E-state index is 12.3. The summed E-state index contributed by atoms with van der Waals surface area (Å²) in [6, 6.07) is 9.06. The molecule has 0 spiro atoms. The smallest absolute Gasteiger partial charge is 0.258 e. The molecule has 0 atom stereocenters. The van der Waals surface area contributed by atoms with Crippen molar-refractivity contribution in [3.8, 4) is 0 Å². The summed E-state index contributed by atoms with van der Waals surface area (Å²) in [6.07, 6.45) is 0. The largest absolute Gasteiger partial charge is 0.298 e. The minimum absolute atomic E-state index is 0.273. The summed E-state index contributed by atoms with van der Waals surface area (Å²) in [7, 11) is 0. The lowest BCUT2D eigenvalue weighted by Crippen LogP contribution is -2.12. The number of nitrogens with zero attached hydrogens (tertiary/aromatic N) is 1. The van der Waals surface area contributed by atoms with Crippen LogP contribution in [0.3, 0.4) is 0 Å². The van der Waals surface area contributed by atoms with Crippen LogP contribution in [0.15, 0.2) is 30.3 Å². The van der Waals surface area contributed by atoms with E-state index in [9.17, 15) is 4.79 Å². The lowest BCUT2D eigenvalue weighted by atomic mass is 10.2. The number of rotatable bonds is 2. The molecule has 2 aromatic carbocycles. The number of aryl methyl sites for hydroxylation is 1. The molecule has 0 fully saturated rings. The first kappa shape index (κ1) is 16.0. The Balaban J connectivity index is 1.92. The highest BCUT2D eigenvalue weighted by atomic mass is 127. The van der Waals surface area contributed by atoms with Crippen LogP contribution in [0.25, 0.3) is 10.2 Å². The zero-order chi connectivity index (χ0) is 15.9. The molecule has 1 heterocycles. The average molecular weight is 463 g/mol. The summed E-state index contributed by atoms with van der Waals surface area (Å²) in [5.41, 5.74) is 2.18. The minimum atomic E-state index is -0.273. The summed E-state index contributed by atoms with van der Waals surface area (Å²) in [6.45, 7) is 1.94. The maximum Gasteiger partial charge on any atom is 0.258 e. The van der Waals surface area contributed by atoms with E-state index < -0.39 is 0 Å². The number of aromatic nitrogens is 1. The summed E-state index contributed by atoms with van der Waals surface area (Å²) >= 11 is 15.7.